The molecule has 0 aliphatic heterocycles. The van der Waals surface area contributed by atoms with Crippen LogP contribution in [0, 0.1) is 0 Å². The molecule has 1 aromatic heterocycles. The predicted molar refractivity (Wildman–Crippen MR) is 117 cm³/mol. The summed E-state index contributed by atoms with van der Waals surface area (Å²) < 4.78 is 7.80. The Labute approximate surface area is 177 Å². The normalized spacial score (nSPS) is 11.7. The molecule has 0 aliphatic carbocycles. The first-order valence-corrected chi connectivity index (χ1v) is 10.5. The lowest BCUT2D eigenvalue weighted by Crippen LogP contribution is -2.45. The summed E-state index contributed by atoms with van der Waals surface area (Å²) in [7, 11) is 0. The summed E-state index contributed by atoms with van der Waals surface area (Å²) in [5, 5.41) is 11.5. The van der Waals surface area contributed by atoms with Crippen molar-refractivity contribution in [3.05, 3.63) is 39.3 Å². The van der Waals surface area contributed by atoms with Crippen molar-refractivity contribution < 1.29 is 14.6 Å². The van der Waals surface area contributed by atoms with E-state index in [0.29, 0.717) is 40.4 Å². The monoisotopic (exact) mass is 422 g/mol. The van der Waals surface area contributed by atoms with Crippen molar-refractivity contribution >= 4 is 28.5 Å². The average molecular weight is 423 g/mol. The Bertz CT molecular complexity index is 931. The molecule has 0 unspecified atom stereocenters. The summed E-state index contributed by atoms with van der Waals surface area (Å²) in [5.74, 6) is 0.541. The minimum Gasteiger partial charge on any atom is -0.491 e. The second-order valence-electron chi connectivity index (χ2n) is 8.16. The van der Waals surface area contributed by atoms with Gasteiger partial charge in [0.2, 0.25) is 0 Å². The van der Waals surface area contributed by atoms with E-state index in [1.54, 1.807) is 22.8 Å². The fraction of sp³-hybridized carbons (Fsp3) is 0.545. The van der Waals surface area contributed by atoms with E-state index in [9.17, 15) is 14.7 Å². The van der Waals surface area contributed by atoms with Crippen LogP contribution >= 0.6 is 11.6 Å². The fourth-order valence-corrected chi connectivity index (χ4v) is 3.45. The molecule has 0 bridgehead atoms. The van der Waals surface area contributed by atoms with Crippen LogP contribution in [0.1, 0.15) is 59.6 Å². The summed E-state index contributed by atoms with van der Waals surface area (Å²) in [4.78, 5) is 26.5. The van der Waals surface area contributed by atoms with Crippen LogP contribution in [0.2, 0.25) is 5.02 Å². The van der Waals surface area contributed by atoms with Gasteiger partial charge in [-0.3, -0.25) is 9.69 Å². The lowest BCUT2D eigenvalue weighted by molar-refractivity contribution is 0.0928. The van der Waals surface area contributed by atoms with Gasteiger partial charge in [-0.2, -0.15) is 0 Å². The van der Waals surface area contributed by atoms with Crippen LogP contribution < -0.4 is 10.3 Å². The number of aromatic nitrogens is 1. The first-order valence-electron chi connectivity index (χ1n) is 10.1. The zero-order chi connectivity index (χ0) is 21.8. The van der Waals surface area contributed by atoms with Gasteiger partial charge in [0.1, 0.15) is 5.75 Å². The van der Waals surface area contributed by atoms with E-state index in [1.165, 1.54) is 4.90 Å². The number of carboxylic acid groups (broad SMARTS) is 1. The molecular weight excluding hydrogens is 392 g/mol. The van der Waals surface area contributed by atoms with E-state index < -0.39 is 11.6 Å². The molecular formula is C22H31ClN2O4. The first-order chi connectivity index (χ1) is 13.6. The molecule has 29 heavy (non-hydrogen) atoms. The SMILES string of the molecule is CCCCOc1c(CN(C(=O)O)C(C)(C)C)n(CCC)c(=O)c2ccc(Cl)cc12. The van der Waals surface area contributed by atoms with Crippen LogP contribution in [-0.4, -0.2) is 32.8 Å². The summed E-state index contributed by atoms with van der Waals surface area (Å²) in [5.41, 5.74) is -0.223. The molecule has 2 aromatic rings. The van der Waals surface area contributed by atoms with Gasteiger partial charge in [0.25, 0.3) is 5.56 Å². The second kappa shape index (κ2) is 9.53. The van der Waals surface area contributed by atoms with Crippen molar-refractivity contribution in [3.63, 3.8) is 0 Å². The molecule has 2 rings (SSSR count). The van der Waals surface area contributed by atoms with Crippen molar-refractivity contribution in [1.82, 2.24) is 9.47 Å². The van der Waals surface area contributed by atoms with E-state index in [1.807, 2.05) is 27.7 Å². The van der Waals surface area contributed by atoms with Crippen molar-refractivity contribution in [2.75, 3.05) is 6.61 Å². The molecule has 0 saturated heterocycles. The topological polar surface area (TPSA) is 71.8 Å². The number of ether oxygens (including phenoxy) is 1. The number of unbranched alkanes of at least 4 members (excludes halogenated alkanes) is 1. The number of carbonyl (C=O) groups is 1. The van der Waals surface area contributed by atoms with E-state index in [-0.39, 0.29) is 12.1 Å². The molecule has 0 atom stereocenters. The molecule has 0 aliphatic rings. The van der Waals surface area contributed by atoms with Gasteiger partial charge in [0, 0.05) is 22.5 Å². The van der Waals surface area contributed by atoms with Gasteiger partial charge in [0.15, 0.2) is 0 Å². The van der Waals surface area contributed by atoms with E-state index in [4.69, 9.17) is 16.3 Å². The Morgan fingerprint density at radius 1 is 1.21 bits per heavy atom. The maximum absolute atomic E-state index is 13.2. The van der Waals surface area contributed by atoms with Gasteiger partial charge >= 0.3 is 6.09 Å². The third kappa shape index (κ3) is 5.24. The lowest BCUT2D eigenvalue weighted by Gasteiger charge is -2.34. The Balaban J connectivity index is 2.80. The van der Waals surface area contributed by atoms with Crippen LogP contribution in [-0.2, 0) is 13.1 Å². The van der Waals surface area contributed by atoms with Crippen molar-refractivity contribution in [3.8, 4) is 5.75 Å². The zero-order valence-electron chi connectivity index (χ0n) is 17.9. The van der Waals surface area contributed by atoms with Crippen LogP contribution in [0.25, 0.3) is 10.8 Å². The molecule has 7 heteroatoms. The zero-order valence-corrected chi connectivity index (χ0v) is 18.7. The van der Waals surface area contributed by atoms with Crippen molar-refractivity contribution in [2.24, 2.45) is 0 Å². The average Bonchev–Trinajstić information content (AvgIpc) is 2.63. The Morgan fingerprint density at radius 2 is 1.90 bits per heavy atom. The fourth-order valence-electron chi connectivity index (χ4n) is 3.28. The summed E-state index contributed by atoms with van der Waals surface area (Å²) in [6.07, 6.45) is 1.52. The standard InChI is InChI=1S/C22H31ClN2O4/c1-6-8-12-29-19-17-13-15(23)9-10-16(17)20(26)24(11-7-2)18(19)14-25(21(27)28)22(3,4)5/h9-10,13H,6-8,11-12,14H2,1-5H3,(H,27,28). The highest BCUT2D eigenvalue weighted by Gasteiger charge is 2.29. The van der Waals surface area contributed by atoms with Crippen molar-refractivity contribution in [2.45, 2.75) is 72.5 Å². The van der Waals surface area contributed by atoms with Crippen LogP contribution in [0.4, 0.5) is 4.79 Å². The largest absolute Gasteiger partial charge is 0.491 e. The molecule has 1 heterocycles. The van der Waals surface area contributed by atoms with E-state index >= 15 is 0 Å². The number of benzene rings is 1. The lowest BCUT2D eigenvalue weighted by atomic mass is 10.0. The quantitative estimate of drug-likeness (QED) is 0.568. The number of pyridine rings is 1. The number of nitrogens with zero attached hydrogens (tertiary/aromatic N) is 2. The van der Waals surface area contributed by atoms with Crippen LogP contribution in [0.3, 0.4) is 0 Å². The van der Waals surface area contributed by atoms with Gasteiger partial charge in [0.05, 0.1) is 24.2 Å². The molecule has 1 aromatic carbocycles. The first kappa shape index (κ1) is 23.1. The van der Waals surface area contributed by atoms with Gasteiger partial charge in [-0.1, -0.05) is 31.9 Å². The summed E-state index contributed by atoms with van der Waals surface area (Å²) in [6.45, 7) is 10.6. The van der Waals surface area contributed by atoms with Gasteiger partial charge in [-0.15, -0.1) is 0 Å². The molecule has 6 nitrogen and oxygen atoms in total. The molecule has 0 saturated carbocycles. The highest BCUT2D eigenvalue weighted by Crippen LogP contribution is 2.32. The number of halogens is 1. The molecule has 0 spiro atoms. The summed E-state index contributed by atoms with van der Waals surface area (Å²) >= 11 is 6.22. The van der Waals surface area contributed by atoms with E-state index in [2.05, 4.69) is 6.92 Å². The van der Waals surface area contributed by atoms with Crippen molar-refractivity contribution in [1.29, 1.82) is 0 Å². The Hall–Kier alpha value is -2.21. The van der Waals surface area contributed by atoms with E-state index in [0.717, 1.165) is 19.3 Å². The molecule has 0 fully saturated rings. The predicted octanol–water partition coefficient (Wildman–Crippen LogP) is 5.52. The smallest absolute Gasteiger partial charge is 0.408 e. The number of hydrogen-bond acceptors (Lipinski definition) is 3. The van der Waals surface area contributed by atoms with Gasteiger partial charge in [-0.05, 0) is 51.8 Å². The molecule has 1 amide bonds. The number of hydrogen-bond donors (Lipinski definition) is 1. The van der Waals surface area contributed by atoms with Gasteiger partial charge < -0.3 is 14.4 Å². The Kier molecular flexibility index (Phi) is 7.58. The maximum Gasteiger partial charge on any atom is 0.408 e. The third-order valence-electron chi connectivity index (χ3n) is 4.83. The highest BCUT2D eigenvalue weighted by molar-refractivity contribution is 6.31. The molecule has 1 N–H and O–H groups in total. The second-order valence-corrected chi connectivity index (χ2v) is 8.60. The molecule has 160 valence electrons. The highest BCUT2D eigenvalue weighted by atomic mass is 35.5. The maximum atomic E-state index is 13.2. The minimum absolute atomic E-state index is 0.0536. The number of amides is 1. The minimum atomic E-state index is -1.04. The number of fused-ring (bicyclic) bond motifs is 1. The Morgan fingerprint density at radius 3 is 2.45 bits per heavy atom. The van der Waals surface area contributed by atoms with Crippen LogP contribution in [0.5, 0.6) is 5.75 Å². The molecule has 0 radical (unpaired) electrons. The third-order valence-corrected chi connectivity index (χ3v) is 5.06. The van der Waals surface area contributed by atoms with Crippen LogP contribution in [0.15, 0.2) is 23.0 Å². The van der Waals surface area contributed by atoms with Gasteiger partial charge in [-0.25, -0.2) is 4.79 Å². The number of rotatable bonds is 8. The summed E-state index contributed by atoms with van der Waals surface area (Å²) in [6, 6.07) is 5.12.